The first-order chi connectivity index (χ1) is 5.92. The number of pyridine rings is 1. The summed E-state index contributed by atoms with van der Waals surface area (Å²) >= 11 is 0. The van der Waals surface area contributed by atoms with Gasteiger partial charge in [-0.15, -0.1) is 0 Å². The van der Waals surface area contributed by atoms with E-state index in [0.29, 0.717) is 6.54 Å². The SMILES string of the molecule is N#CCN1CCc2ncccc21. The maximum atomic E-state index is 8.54. The Kier molecular flexibility index (Phi) is 1.67. The summed E-state index contributed by atoms with van der Waals surface area (Å²) in [5.74, 6) is 0. The normalized spacial score (nSPS) is 14.1. The monoisotopic (exact) mass is 159 g/mol. The van der Waals surface area contributed by atoms with E-state index >= 15 is 0 Å². The van der Waals surface area contributed by atoms with Gasteiger partial charge in [0.25, 0.3) is 0 Å². The molecule has 2 rings (SSSR count). The van der Waals surface area contributed by atoms with Gasteiger partial charge in [-0.25, -0.2) is 0 Å². The summed E-state index contributed by atoms with van der Waals surface area (Å²) in [6.45, 7) is 1.40. The van der Waals surface area contributed by atoms with Crippen LogP contribution in [0.1, 0.15) is 5.69 Å². The van der Waals surface area contributed by atoms with Gasteiger partial charge in [-0.05, 0) is 12.1 Å². The molecule has 3 heteroatoms. The average Bonchev–Trinajstić information content (AvgIpc) is 2.50. The summed E-state index contributed by atoms with van der Waals surface area (Å²) < 4.78 is 0. The number of hydrogen-bond acceptors (Lipinski definition) is 3. The van der Waals surface area contributed by atoms with Gasteiger partial charge in [-0.3, -0.25) is 4.98 Å². The minimum atomic E-state index is 0.471. The van der Waals surface area contributed by atoms with Crippen molar-refractivity contribution in [2.75, 3.05) is 18.0 Å². The molecule has 0 amide bonds. The van der Waals surface area contributed by atoms with Crippen LogP contribution < -0.4 is 4.90 Å². The zero-order valence-corrected chi connectivity index (χ0v) is 6.70. The molecule has 0 aliphatic carbocycles. The van der Waals surface area contributed by atoms with E-state index in [-0.39, 0.29) is 0 Å². The van der Waals surface area contributed by atoms with Gasteiger partial charge in [-0.2, -0.15) is 5.26 Å². The third kappa shape index (κ3) is 1.02. The molecule has 12 heavy (non-hydrogen) atoms. The quantitative estimate of drug-likeness (QED) is 0.573. The van der Waals surface area contributed by atoms with Crippen LogP contribution in [-0.2, 0) is 6.42 Å². The summed E-state index contributed by atoms with van der Waals surface area (Å²) in [4.78, 5) is 6.30. The van der Waals surface area contributed by atoms with Crippen LogP contribution in [0.5, 0.6) is 0 Å². The predicted octanol–water partition coefficient (Wildman–Crippen LogP) is 0.968. The van der Waals surface area contributed by atoms with Crippen LogP contribution in [0.3, 0.4) is 0 Å². The highest BCUT2D eigenvalue weighted by atomic mass is 15.2. The molecule has 1 aromatic heterocycles. The molecule has 1 aromatic rings. The first-order valence-corrected chi connectivity index (χ1v) is 3.97. The zero-order chi connectivity index (χ0) is 8.39. The largest absolute Gasteiger partial charge is 0.356 e. The Morgan fingerprint density at radius 2 is 2.58 bits per heavy atom. The summed E-state index contributed by atoms with van der Waals surface area (Å²) in [5, 5.41) is 8.54. The van der Waals surface area contributed by atoms with E-state index in [0.717, 1.165) is 24.3 Å². The second-order valence-corrected chi connectivity index (χ2v) is 2.80. The van der Waals surface area contributed by atoms with E-state index in [1.165, 1.54) is 0 Å². The minimum Gasteiger partial charge on any atom is -0.356 e. The first-order valence-electron chi connectivity index (χ1n) is 3.97. The van der Waals surface area contributed by atoms with Crippen molar-refractivity contribution in [2.24, 2.45) is 0 Å². The Labute approximate surface area is 71.3 Å². The van der Waals surface area contributed by atoms with Gasteiger partial charge in [0.05, 0.1) is 17.5 Å². The van der Waals surface area contributed by atoms with Crippen LogP contribution in [-0.4, -0.2) is 18.1 Å². The van der Waals surface area contributed by atoms with Gasteiger partial charge >= 0.3 is 0 Å². The zero-order valence-electron chi connectivity index (χ0n) is 6.70. The minimum absolute atomic E-state index is 0.471. The molecule has 0 atom stereocenters. The fraction of sp³-hybridized carbons (Fsp3) is 0.333. The van der Waals surface area contributed by atoms with Gasteiger partial charge in [0.15, 0.2) is 0 Å². The average molecular weight is 159 g/mol. The van der Waals surface area contributed by atoms with Crippen LogP contribution in [0.15, 0.2) is 18.3 Å². The lowest BCUT2D eigenvalue weighted by atomic mass is 10.3. The van der Waals surface area contributed by atoms with Crippen molar-refractivity contribution in [1.29, 1.82) is 5.26 Å². The maximum absolute atomic E-state index is 8.54. The molecule has 0 unspecified atom stereocenters. The number of nitriles is 1. The second-order valence-electron chi connectivity index (χ2n) is 2.80. The number of anilines is 1. The molecule has 1 aliphatic heterocycles. The number of fused-ring (bicyclic) bond motifs is 1. The van der Waals surface area contributed by atoms with Crippen molar-refractivity contribution >= 4 is 5.69 Å². The van der Waals surface area contributed by atoms with Crippen LogP contribution in [0.25, 0.3) is 0 Å². The molecule has 0 aromatic carbocycles. The molecule has 0 saturated carbocycles. The summed E-state index contributed by atoms with van der Waals surface area (Å²) in [7, 11) is 0. The molecule has 1 aliphatic rings. The van der Waals surface area contributed by atoms with E-state index in [1.807, 2.05) is 12.1 Å². The fourth-order valence-corrected chi connectivity index (χ4v) is 1.52. The lowest BCUT2D eigenvalue weighted by molar-refractivity contribution is 0.902. The van der Waals surface area contributed by atoms with Gasteiger partial charge in [-0.1, -0.05) is 0 Å². The predicted molar refractivity (Wildman–Crippen MR) is 45.8 cm³/mol. The molecule has 2 heterocycles. The molecular weight excluding hydrogens is 150 g/mol. The van der Waals surface area contributed by atoms with E-state index in [4.69, 9.17) is 5.26 Å². The third-order valence-electron chi connectivity index (χ3n) is 2.09. The Hall–Kier alpha value is -1.56. The molecule has 0 radical (unpaired) electrons. The van der Waals surface area contributed by atoms with Crippen LogP contribution >= 0.6 is 0 Å². The van der Waals surface area contributed by atoms with E-state index < -0.39 is 0 Å². The highest BCUT2D eigenvalue weighted by Crippen LogP contribution is 2.24. The van der Waals surface area contributed by atoms with Crippen molar-refractivity contribution in [1.82, 2.24) is 4.98 Å². The van der Waals surface area contributed by atoms with Gasteiger partial charge in [0.2, 0.25) is 0 Å². The number of aromatic nitrogens is 1. The smallest absolute Gasteiger partial charge is 0.105 e. The molecule has 0 spiro atoms. The van der Waals surface area contributed by atoms with Crippen molar-refractivity contribution in [3.8, 4) is 6.07 Å². The van der Waals surface area contributed by atoms with E-state index in [1.54, 1.807) is 6.20 Å². The number of hydrogen-bond donors (Lipinski definition) is 0. The van der Waals surface area contributed by atoms with Crippen molar-refractivity contribution < 1.29 is 0 Å². The standard InChI is InChI=1S/C9H9N3/c10-4-7-12-6-3-8-9(12)2-1-5-11-8/h1-2,5H,3,6-7H2. The van der Waals surface area contributed by atoms with Crippen molar-refractivity contribution in [3.05, 3.63) is 24.0 Å². The van der Waals surface area contributed by atoms with E-state index in [9.17, 15) is 0 Å². The molecule has 0 saturated heterocycles. The Balaban J connectivity index is 2.31. The highest BCUT2D eigenvalue weighted by Gasteiger charge is 2.18. The molecule has 0 bridgehead atoms. The summed E-state index contributed by atoms with van der Waals surface area (Å²) in [5.41, 5.74) is 2.24. The number of nitrogens with zero attached hydrogens (tertiary/aromatic N) is 3. The lowest BCUT2D eigenvalue weighted by Gasteiger charge is -2.13. The highest BCUT2D eigenvalue weighted by molar-refractivity contribution is 5.55. The molecular formula is C9H9N3. The maximum Gasteiger partial charge on any atom is 0.105 e. The van der Waals surface area contributed by atoms with Gasteiger partial charge < -0.3 is 4.90 Å². The van der Waals surface area contributed by atoms with Gasteiger partial charge in [0.1, 0.15) is 6.54 Å². The Morgan fingerprint density at radius 1 is 1.67 bits per heavy atom. The lowest BCUT2D eigenvalue weighted by Crippen LogP contribution is -2.20. The molecule has 3 nitrogen and oxygen atoms in total. The van der Waals surface area contributed by atoms with Crippen molar-refractivity contribution in [3.63, 3.8) is 0 Å². The Morgan fingerprint density at radius 3 is 3.42 bits per heavy atom. The number of rotatable bonds is 1. The summed E-state index contributed by atoms with van der Waals surface area (Å²) in [6, 6.07) is 6.08. The Bertz CT molecular complexity index is 327. The second kappa shape index (κ2) is 2.82. The van der Waals surface area contributed by atoms with E-state index in [2.05, 4.69) is 16.0 Å². The topological polar surface area (TPSA) is 39.9 Å². The van der Waals surface area contributed by atoms with Crippen LogP contribution in [0.2, 0.25) is 0 Å². The molecule has 0 N–H and O–H groups in total. The third-order valence-corrected chi connectivity index (χ3v) is 2.09. The van der Waals surface area contributed by atoms with Crippen molar-refractivity contribution in [2.45, 2.75) is 6.42 Å². The van der Waals surface area contributed by atoms with Crippen LogP contribution in [0.4, 0.5) is 5.69 Å². The first kappa shape index (κ1) is 7.11. The fourth-order valence-electron chi connectivity index (χ4n) is 1.52. The van der Waals surface area contributed by atoms with Gasteiger partial charge in [0, 0.05) is 19.2 Å². The molecule has 0 fully saturated rings. The molecule has 60 valence electrons. The van der Waals surface area contributed by atoms with Crippen LogP contribution in [0, 0.1) is 11.3 Å². The summed E-state index contributed by atoms with van der Waals surface area (Å²) in [6.07, 6.45) is 2.77.